The third-order valence-electron chi connectivity index (χ3n) is 1.40. The molecule has 0 spiro atoms. The molecular weight excluding hydrogens is 226 g/mol. The molecule has 0 saturated carbocycles. The van der Waals surface area contributed by atoms with Crippen LogP contribution in [0.1, 0.15) is 6.42 Å². The minimum absolute atomic E-state index is 0.0463. The van der Waals surface area contributed by atoms with Crippen LogP contribution in [0.25, 0.3) is 0 Å². The second kappa shape index (κ2) is 7.52. The zero-order valence-corrected chi connectivity index (χ0v) is 8.46. The first-order valence-electron chi connectivity index (χ1n) is 3.81. The van der Waals surface area contributed by atoms with Gasteiger partial charge in [0.25, 0.3) is 0 Å². The van der Waals surface area contributed by atoms with Crippen LogP contribution in [0, 0.1) is 0 Å². The van der Waals surface area contributed by atoms with Crippen LogP contribution in [0.15, 0.2) is 0 Å². The van der Waals surface area contributed by atoms with Crippen molar-refractivity contribution in [3.8, 4) is 0 Å². The average Bonchev–Trinajstić information content (AvgIpc) is 2.04. The summed E-state index contributed by atoms with van der Waals surface area (Å²) in [5.74, 6) is -0.0463. The molecule has 0 bridgehead atoms. The Hall–Kier alpha value is -0.130. The van der Waals surface area contributed by atoms with Crippen LogP contribution < -0.4 is 0 Å². The standard InChI is InChI=1S/C7H14BrNO3/c8-2-1-7(12)9(3-5-10)4-6-11/h10-11H,1-6H2. The number of hydrogen-bond acceptors (Lipinski definition) is 3. The SMILES string of the molecule is O=C(CCBr)N(CCO)CCO. The van der Waals surface area contributed by atoms with E-state index in [2.05, 4.69) is 15.9 Å². The molecule has 4 nitrogen and oxygen atoms in total. The highest BCUT2D eigenvalue weighted by Gasteiger charge is 2.10. The predicted octanol–water partition coefficient (Wildman–Crippen LogP) is -0.415. The van der Waals surface area contributed by atoms with Gasteiger partial charge in [0, 0.05) is 24.8 Å². The van der Waals surface area contributed by atoms with Crippen molar-refractivity contribution < 1.29 is 15.0 Å². The third-order valence-corrected chi connectivity index (χ3v) is 1.80. The first-order chi connectivity index (χ1) is 5.76. The van der Waals surface area contributed by atoms with Crippen LogP contribution in [-0.2, 0) is 4.79 Å². The number of carbonyl (C=O) groups is 1. The van der Waals surface area contributed by atoms with E-state index < -0.39 is 0 Å². The minimum atomic E-state index is -0.0615. The number of amides is 1. The van der Waals surface area contributed by atoms with E-state index in [1.807, 2.05) is 0 Å². The number of aliphatic hydroxyl groups excluding tert-OH is 2. The Morgan fingerprint density at radius 1 is 1.25 bits per heavy atom. The first-order valence-corrected chi connectivity index (χ1v) is 4.93. The highest BCUT2D eigenvalue weighted by Crippen LogP contribution is 1.96. The summed E-state index contributed by atoms with van der Waals surface area (Å²) in [6.07, 6.45) is 0.403. The van der Waals surface area contributed by atoms with E-state index in [1.165, 1.54) is 4.90 Å². The molecule has 0 aromatic heterocycles. The van der Waals surface area contributed by atoms with Gasteiger partial charge in [0.05, 0.1) is 13.2 Å². The zero-order valence-electron chi connectivity index (χ0n) is 6.87. The molecule has 0 unspecified atom stereocenters. The van der Waals surface area contributed by atoms with E-state index in [0.29, 0.717) is 24.8 Å². The van der Waals surface area contributed by atoms with Crippen molar-refractivity contribution in [2.75, 3.05) is 31.6 Å². The average molecular weight is 240 g/mol. The number of nitrogens with zero attached hydrogens (tertiary/aromatic N) is 1. The van der Waals surface area contributed by atoms with Gasteiger partial charge < -0.3 is 15.1 Å². The summed E-state index contributed by atoms with van der Waals surface area (Å²) in [5.41, 5.74) is 0. The summed E-state index contributed by atoms with van der Waals surface area (Å²) in [6.45, 7) is 0.473. The lowest BCUT2D eigenvalue weighted by Gasteiger charge is -2.19. The van der Waals surface area contributed by atoms with Gasteiger partial charge in [-0.15, -0.1) is 0 Å². The number of carbonyl (C=O) groups excluding carboxylic acids is 1. The molecule has 1 amide bonds. The summed E-state index contributed by atoms with van der Waals surface area (Å²) in [4.78, 5) is 12.6. The highest BCUT2D eigenvalue weighted by atomic mass is 79.9. The fourth-order valence-electron chi connectivity index (χ4n) is 0.842. The van der Waals surface area contributed by atoms with Crippen LogP contribution in [0.4, 0.5) is 0 Å². The molecule has 0 aromatic rings. The Morgan fingerprint density at radius 3 is 2.08 bits per heavy atom. The molecule has 0 aliphatic heterocycles. The Kier molecular flexibility index (Phi) is 7.43. The zero-order chi connectivity index (χ0) is 9.40. The third kappa shape index (κ3) is 4.69. The fourth-order valence-corrected chi connectivity index (χ4v) is 1.18. The lowest BCUT2D eigenvalue weighted by Crippen LogP contribution is -2.35. The normalized spacial score (nSPS) is 9.92. The first kappa shape index (κ1) is 11.9. The van der Waals surface area contributed by atoms with E-state index in [4.69, 9.17) is 10.2 Å². The predicted molar refractivity (Wildman–Crippen MR) is 49.2 cm³/mol. The van der Waals surface area contributed by atoms with Crippen LogP contribution in [0.5, 0.6) is 0 Å². The van der Waals surface area contributed by atoms with Crippen molar-refractivity contribution in [2.45, 2.75) is 6.42 Å². The Bertz CT molecular complexity index is 126. The second-order valence-electron chi connectivity index (χ2n) is 2.27. The summed E-state index contributed by atoms with van der Waals surface area (Å²) in [7, 11) is 0. The molecule has 0 rings (SSSR count). The van der Waals surface area contributed by atoms with Gasteiger partial charge in [0.15, 0.2) is 0 Å². The smallest absolute Gasteiger partial charge is 0.223 e. The molecule has 0 heterocycles. The molecule has 5 heteroatoms. The summed E-state index contributed by atoms with van der Waals surface area (Å²) in [5, 5.41) is 17.8. The van der Waals surface area contributed by atoms with Gasteiger partial charge in [-0.25, -0.2) is 0 Å². The molecule has 72 valence electrons. The Labute approximate surface area is 80.3 Å². The maximum atomic E-state index is 11.2. The quantitative estimate of drug-likeness (QED) is 0.620. The Balaban J connectivity index is 3.81. The van der Waals surface area contributed by atoms with Crippen LogP contribution in [0.3, 0.4) is 0 Å². The van der Waals surface area contributed by atoms with Gasteiger partial charge in [-0.05, 0) is 0 Å². The van der Waals surface area contributed by atoms with Crippen molar-refractivity contribution in [3.05, 3.63) is 0 Å². The van der Waals surface area contributed by atoms with E-state index in [1.54, 1.807) is 0 Å². The molecule has 0 aliphatic rings. The lowest BCUT2D eigenvalue weighted by molar-refractivity contribution is -0.131. The summed E-state index contributed by atoms with van der Waals surface area (Å²) in [6, 6.07) is 0. The number of aliphatic hydroxyl groups is 2. The van der Waals surface area contributed by atoms with Crippen molar-refractivity contribution in [1.82, 2.24) is 4.90 Å². The van der Waals surface area contributed by atoms with Gasteiger partial charge in [0.1, 0.15) is 0 Å². The molecule has 0 atom stereocenters. The topological polar surface area (TPSA) is 60.8 Å². The Morgan fingerprint density at radius 2 is 1.75 bits per heavy atom. The van der Waals surface area contributed by atoms with Crippen molar-refractivity contribution in [1.29, 1.82) is 0 Å². The van der Waals surface area contributed by atoms with Gasteiger partial charge in [0.2, 0.25) is 5.91 Å². The van der Waals surface area contributed by atoms with Crippen LogP contribution >= 0.6 is 15.9 Å². The molecule has 0 aromatic carbocycles. The largest absolute Gasteiger partial charge is 0.395 e. The molecule has 2 N–H and O–H groups in total. The van der Waals surface area contributed by atoms with Crippen LogP contribution in [-0.4, -0.2) is 52.7 Å². The molecule has 0 radical (unpaired) electrons. The lowest BCUT2D eigenvalue weighted by atomic mass is 10.4. The van der Waals surface area contributed by atoms with E-state index in [0.717, 1.165) is 0 Å². The van der Waals surface area contributed by atoms with Gasteiger partial charge in [-0.1, -0.05) is 15.9 Å². The summed E-state index contributed by atoms with van der Waals surface area (Å²) >= 11 is 3.15. The monoisotopic (exact) mass is 239 g/mol. The maximum absolute atomic E-state index is 11.2. The number of halogens is 1. The van der Waals surface area contributed by atoms with Gasteiger partial charge >= 0.3 is 0 Å². The molecule has 0 aliphatic carbocycles. The number of rotatable bonds is 6. The van der Waals surface area contributed by atoms with E-state index >= 15 is 0 Å². The van der Waals surface area contributed by atoms with Gasteiger partial charge in [-0.2, -0.15) is 0 Å². The molecule has 0 saturated heterocycles. The molecule has 12 heavy (non-hydrogen) atoms. The highest BCUT2D eigenvalue weighted by molar-refractivity contribution is 9.09. The number of hydrogen-bond donors (Lipinski definition) is 2. The second-order valence-corrected chi connectivity index (χ2v) is 3.06. The van der Waals surface area contributed by atoms with E-state index in [9.17, 15) is 4.79 Å². The number of alkyl halides is 1. The van der Waals surface area contributed by atoms with Crippen molar-refractivity contribution in [2.24, 2.45) is 0 Å². The van der Waals surface area contributed by atoms with Crippen molar-refractivity contribution in [3.63, 3.8) is 0 Å². The van der Waals surface area contributed by atoms with Crippen LogP contribution in [0.2, 0.25) is 0 Å². The van der Waals surface area contributed by atoms with E-state index in [-0.39, 0.29) is 19.1 Å². The molecular formula is C7H14BrNO3. The van der Waals surface area contributed by atoms with Gasteiger partial charge in [-0.3, -0.25) is 4.79 Å². The van der Waals surface area contributed by atoms with Crippen molar-refractivity contribution >= 4 is 21.8 Å². The molecule has 0 fully saturated rings. The minimum Gasteiger partial charge on any atom is -0.395 e. The maximum Gasteiger partial charge on any atom is 0.223 e. The summed E-state index contributed by atoms with van der Waals surface area (Å²) < 4.78 is 0. The fraction of sp³-hybridized carbons (Fsp3) is 0.857.